The van der Waals surface area contributed by atoms with Gasteiger partial charge in [0, 0.05) is 36.9 Å². The van der Waals surface area contributed by atoms with Gasteiger partial charge in [-0.2, -0.15) is 0 Å². The molecular formula is C24H36ClN3O2. The van der Waals surface area contributed by atoms with Gasteiger partial charge in [0.2, 0.25) is 11.8 Å². The molecule has 166 valence electrons. The lowest BCUT2D eigenvalue weighted by Crippen LogP contribution is -2.43. The molecule has 1 aromatic rings. The van der Waals surface area contributed by atoms with Crippen molar-refractivity contribution >= 4 is 24.2 Å². The van der Waals surface area contributed by atoms with E-state index in [4.69, 9.17) is 5.73 Å². The summed E-state index contributed by atoms with van der Waals surface area (Å²) in [7, 11) is 0. The summed E-state index contributed by atoms with van der Waals surface area (Å²) < 4.78 is 0. The SMILES string of the molecule is Cl.NC[C@@H]1CN(C(=O)C2CCC(NC(=O)C3CCCC3)CC2)C[C@H]1c1ccccc1. The van der Waals surface area contributed by atoms with E-state index in [2.05, 4.69) is 34.5 Å². The van der Waals surface area contributed by atoms with Crippen molar-refractivity contribution in [3.05, 3.63) is 35.9 Å². The van der Waals surface area contributed by atoms with Gasteiger partial charge in [-0.25, -0.2) is 0 Å². The van der Waals surface area contributed by atoms with Crippen molar-refractivity contribution in [3.8, 4) is 0 Å². The van der Waals surface area contributed by atoms with Crippen LogP contribution in [0.3, 0.4) is 0 Å². The molecule has 2 atom stereocenters. The minimum absolute atomic E-state index is 0. The Kier molecular flexibility index (Phi) is 8.18. The molecule has 30 heavy (non-hydrogen) atoms. The van der Waals surface area contributed by atoms with Crippen molar-refractivity contribution < 1.29 is 9.59 Å². The summed E-state index contributed by atoms with van der Waals surface area (Å²) in [5.41, 5.74) is 7.33. The van der Waals surface area contributed by atoms with E-state index in [-0.39, 0.29) is 36.2 Å². The van der Waals surface area contributed by atoms with E-state index < -0.39 is 0 Å². The summed E-state index contributed by atoms with van der Waals surface area (Å²) in [6, 6.07) is 10.7. The summed E-state index contributed by atoms with van der Waals surface area (Å²) >= 11 is 0. The Morgan fingerprint density at radius 2 is 1.60 bits per heavy atom. The van der Waals surface area contributed by atoms with E-state index in [0.29, 0.717) is 24.3 Å². The molecule has 5 nitrogen and oxygen atoms in total. The number of hydrogen-bond donors (Lipinski definition) is 2. The van der Waals surface area contributed by atoms with Crippen LogP contribution in [-0.4, -0.2) is 42.4 Å². The van der Waals surface area contributed by atoms with Crippen LogP contribution in [0.25, 0.3) is 0 Å². The van der Waals surface area contributed by atoms with Crippen LogP contribution in [-0.2, 0) is 9.59 Å². The Hall–Kier alpha value is -1.59. The highest BCUT2D eigenvalue weighted by molar-refractivity contribution is 5.85. The molecule has 1 aliphatic heterocycles. The molecule has 0 unspecified atom stereocenters. The Bertz CT molecular complexity index is 700. The number of rotatable bonds is 5. The first-order chi connectivity index (χ1) is 14.2. The second kappa shape index (κ2) is 10.6. The maximum Gasteiger partial charge on any atom is 0.225 e. The summed E-state index contributed by atoms with van der Waals surface area (Å²) in [6.07, 6.45) is 8.06. The zero-order chi connectivity index (χ0) is 20.2. The number of nitrogens with zero attached hydrogens (tertiary/aromatic N) is 1. The zero-order valence-electron chi connectivity index (χ0n) is 17.8. The number of hydrogen-bond acceptors (Lipinski definition) is 3. The van der Waals surface area contributed by atoms with Crippen LogP contribution in [0.2, 0.25) is 0 Å². The lowest BCUT2D eigenvalue weighted by molar-refractivity contribution is -0.135. The first-order valence-electron chi connectivity index (χ1n) is 11.5. The fourth-order valence-corrected chi connectivity index (χ4v) is 5.62. The number of benzene rings is 1. The van der Waals surface area contributed by atoms with Crippen molar-refractivity contribution in [1.82, 2.24) is 10.2 Å². The number of halogens is 1. The molecule has 0 bridgehead atoms. The lowest BCUT2D eigenvalue weighted by Gasteiger charge is -2.31. The predicted molar refractivity (Wildman–Crippen MR) is 121 cm³/mol. The number of carbonyl (C=O) groups excluding carboxylic acids is 2. The Balaban J connectivity index is 0.00000256. The van der Waals surface area contributed by atoms with E-state index in [9.17, 15) is 9.59 Å². The van der Waals surface area contributed by atoms with Gasteiger partial charge in [-0.1, -0.05) is 43.2 Å². The molecule has 1 saturated heterocycles. The monoisotopic (exact) mass is 433 g/mol. The molecule has 3 N–H and O–H groups in total. The van der Waals surface area contributed by atoms with Gasteiger partial charge in [0.25, 0.3) is 0 Å². The van der Waals surface area contributed by atoms with Crippen LogP contribution in [0.5, 0.6) is 0 Å². The van der Waals surface area contributed by atoms with Gasteiger partial charge >= 0.3 is 0 Å². The van der Waals surface area contributed by atoms with Crippen molar-refractivity contribution in [2.45, 2.75) is 63.3 Å². The maximum atomic E-state index is 13.2. The van der Waals surface area contributed by atoms with E-state index in [1.54, 1.807) is 0 Å². The topological polar surface area (TPSA) is 75.4 Å². The predicted octanol–water partition coefficient (Wildman–Crippen LogP) is 3.47. The first kappa shape index (κ1) is 23.1. The van der Waals surface area contributed by atoms with Crippen LogP contribution in [0.1, 0.15) is 62.8 Å². The Morgan fingerprint density at radius 3 is 2.23 bits per heavy atom. The fourth-order valence-electron chi connectivity index (χ4n) is 5.62. The molecule has 1 aromatic carbocycles. The average molecular weight is 434 g/mol. The molecule has 3 fully saturated rings. The fraction of sp³-hybridized carbons (Fsp3) is 0.667. The minimum Gasteiger partial charge on any atom is -0.353 e. The molecule has 1 heterocycles. The standard InChI is InChI=1S/C24H35N3O2.ClH/c25-14-20-15-27(16-22(20)17-6-2-1-3-7-17)24(29)19-10-12-21(13-11-19)26-23(28)18-8-4-5-9-18;/h1-3,6-7,18-22H,4-5,8-16,25H2,(H,26,28);1H/t19?,20-,21?,22+;/m1./s1. The second-order valence-electron chi connectivity index (χ2n) is 9.29. The zero-order valence-corrected chi connectivity index (χ0v) is 18.6. The van der Waals surface area contributed by atoms with Crippen molar-refractivity contribution in [1.29, 1.82) is 0 Å². The largest absolute Gasteiger partial charge is 0.353 e. The minimum atomic E-state index is 0. The van der Waals surface area contributed by atoms with Gasteiger partial charge in [0.15, 0.2) is 0 Å². The van der Waals surface area contributed by atoms with Crippen LogP contribution in [0.4, 0.5) is 0 Å². The van der Waals surface area contributed by atoms with Crippen molar-refractivity contribution in [2.75, 3.05) is 19.6 Å². The highest BCUT2D eigenvalue weighted by atomic mass is 35.5. The number of carbonyl (C=O) groups is 2. The molecule has 0 spiro atoms. The number of amides is 2. The molecule has 2 saturated carbocycles. The van der Waals surface area contributed by atoms with Crippen molar-refractivity contribution in [3.63, 3.8) is 0 Å². The lowest BCUT2D eigenvalue weighted by atomic mass is 9.85. The smallest absolute Gasteiger partial charge is 0.225 e. The van der Waals surface area contributed by atoms with E-state index in [1.807, 2.05) is 6.07 Å². The Labute approximate surface area is 186 Å². The highest BCUT2D eigenvalue weighted by Gasteiger charge is 2.38. The summed E-state index contributed by atoms with van der Waals surface area (Å²) in [6.45, 7) is 2.17. The van der Waals surface area contributed by atoms with Crippen LogP contribution in [0, 0.1) is 17.8 Å². The van der Waals surface area contributed by atoms with Gasteiger partial charge in [-0.3, -0.25) is 9.59 Å². The third-order valence-corrected chi connectivity index (χ3v) is 7.43. The van der Waals surface area contributed by atoms with E-state index in [0.717, 1.165) is 51.6 Å². The number of nitrogens with two attached hydrogens (primary N) is 1. The molecule has 3 aliphatic rings. The molecule has 0 radical (unpaired) electrons. The first-order valence-corrected chi connectivity index (χ1v) is 11.5. The third kappa shape index (κ3) is 5.17. The second-order valence-corrected chi connectivity index (χ2v) is 9.29. The van der Waals surface area contributed by atoms with Gasteiger partial charge < -0.3 is 16.0 Å². The number of nitrogens with one attached hydrogen (secondary N) is 1. The van der Waals surface area contributed by atoms with Crippen molar-refractivity contribution in [2.24, 2.45) is 23.5 Å². The van der Waals surface area contributed by atoms with E-state index >= 15 is 0 Å². The maximum absolute atomic E-state index is 13.2. The third-order valence-electron chi connectivity index (χ3n) is 7.43. The van der Waals surface area contributed by atoms with E-state index in [1.165, 1.54) is 18.4 Å². The van der Waals surface area contributed by atoms with Gasteiger partial charge in [-0.15, -0.1) is 12.4 Å². The molecule has 2 aliphatic carbocycles. The Morgan fingerprint density at radius 1 is 0.933 bits per heavy atom. The molecule has 0 aromatic heterocycles. The van der Waals surface area contributed by atoms with Gasteiger partial charge in [0.1, 0.15) is 0 Å². The molecule has 6 heteroatoms. The number of likely N-dealkylation sites (tertiary alicyclic amines) is 1. The summed E-state index contributed by atoms with van der Waals surface area (Å²) in [5.74, 6) is 1.54. The summed E-state index contributed by atoms with van der Waals surface area (Å²) in [5, 5.41) is 3.25. The van der Waals surface area contributed by atoms with Crippen LogP contribution >= 0.6 is 12.4 Å². The normalized spacial score (nSPS) is 29.4. The van der Waals surface area contributed by atoms with Crippen LogP contribution < -0.4 is 11.1 Å². The average Bonchev–Trinajstić information content (AvgIpc) is 3.44. The van der Waals surface area contributed by atoms with Gasteiger partial charge in [-0.05, 0) is 56.6 Å². The van der Waals surface area contributed by atoms with Crippen LogP contribution in [0.15, 0.2) is 30.3 Å². The summed E-state index contributed by atoms with van der Waals surface area (Å²) in [4.78, 5) is 27.6. The molecular weight excluding hydrogens is 398 g/mol. The van der Waals surface area contributed by atoms with Gasteiger partial charge in [0.05, 0.1) is 0 Å². The molecule has 2 amide bonds. The molecule has 4 rings (SSSR count). The highest BCUT2D eigenvalue weighted by Crippen LogP contribution is 2.35. The quantitative estimate of drug-likeness (QED) is 0.746.